The number of carbonyl (C=O) groups is 1. The van der Waals surface area contributed by atoms with Crippen molar-refractivity contribution in [2.45, 2.75) is 31.5 Å². The first kappa shape index (κ1) is 28.0. The van der Waals surface area contributed by atoms with Gasteiger partial charge in [0.15, 0.2) is 6.29 Å². The highest BCUT2D eigenvalue weighted by Gasteiger charge is 2.34. The van der Waals surface area contributed by atoms with Gasteiger partial charge in [0.05, 0.1) is 18.8 Å². The van der Waals surface area contributed by atoms with Gasteiger partial charge in [0.2, 0.25) is 5.95 Å². The number of anilines is 2. The number of ether oxygens (including phenoxy) is 2. The second-order valence-electron chi connectivity index (χ2n) is 10.6. The zero-order chi connectivity index (χ0) is 28.7. The number of aliphatic hydroxyl groups excluding tert-OH is 1. The van der Waals surface area contributed by atoms with Gasteiger partial charge in [-0.15, -0.1) is 0 Å². The van der Waals surface area contributed by atoms with Gasteiger partial charge < -0.3 is 24.8 Å². The average molecular weight is 566 g/mol. The van der Waals surface area contributed by atoms with Gasteiger partial charge in [-0.1, -0.05) is 54.6 Å². The van der Waals surface area contributed by atoms with E-state index < -0.39 is 6.29 Å². The van der Waals surface area contributed by atoms with Crippen LogP contribution in [-0.4, -0.2) is 64.7 Å². The molecule has 2 aliphatic heterocycles. The molecule has 2 aliphatic rings. The van der Waals surface area contributed by atoms with Crippen LogP contribution in [0.1, 0.15) is 45.9 Å². The van der Waals surface area contributed by atoms with Crippen LogP contribution in [0.15, 0.2) is 97.3 Å². The van der Waals surface area contributed by atoms with Crippen LogP contribution < -0.4 is 10.2 Å². The van der Waals surface area contributed by atoms with Gasteiger partial charge in [-0.05, 0) is 41.5 Å². The lowest BCUT2D eigenvalue weighted by atomic mass is 9.99. The Bertz CT molecular complexity index is 1430. The van der Waals surface area contributed by atoms with Gasteiger partial charge in [-0.3, -0.25) is 9.69 Å². The molecular weight excluding hydrogens is 530 g/mol. The van der Waals surface area contributed by atoms with Crippen molar-refractivity contribution >= 4 is 17.5 Å². The fourth-order valence-corrected chi connectivity index (χ4v) is 5.42. The molecule has 6 rings (SSSR count). The van der Waals surface area contributed by atoms with Crippen LogP contribution in [-0.2, 0) is 16.1 Å². The Balaban J connectivity index is 1.14. The minimum atomic E-state index is -0.552. The molecule has 3 aromatic carbocycles. The maximum atomic E-state index is 12.6. The molecule has 2 fully saturated rings. The third-order valence-electron chi connectivity index (χ3n) is 7.76. The summed E-state index contributed by atoms with van der Waals surface area (Å²) >= 11 is 0. The van der Waals surface area contributed by atoms with Crippen LogP contribution in [0.4, 0.5) is 11.6 Å². The van der Waals surface area contributed by atoms with Crippen molar-refractivity contribution in [1.82, 2.24) is 14.9 Å². The van der Waals surface area contributed by atoms with Gasteiger partial charge in [0, 0.05) is 68.4 Å². The lowest BCUT2D eigenvalue weighted by molar-refractivity contribution is -0.253. The molecule has 0 spiro atoms. The zero-order valence-electron chi connectivity index (χ0n) is 23.4. The number of rotatable bonds is 8. The number of piperazine rings is 1. The number of aliphatic hydroxyl groups is 1. The van der Waals surface area contributed by atoms with Crippen LogP contribution >= 0.6 is 0 Å². The molecule has 9 heteroatoms. The topological polar surface area (TPSA) is 100 Å². The van der Waals surface area contributed by atoms with Gasteiger partial charge >= 0.3 is 0 Å². The van der Waals surface area contributed by atoms with Crippen LogP contribution in [0, 0.1) is 0 Å². The Morgan fingerprint density at radius 1 is 0.833 bits per heavy atom. The Hall–Kier alpha value is -4.15. The predicted octanol–water partition coefficient (Wildman–Crippen LogP) is 4.59. The lowest BCUT2D eigenvalue weighted by Gasteiger charge is -2.40. The van der Waals surface area contributed by atoms with Crippen molar-refractivity contribution in [2.24, 2.45) is 0 Å². The predicted molar refractivity (Wildman–Crippen MR) is 160 cm³/mol. The van der Waals surface area contributed by atoms with Gasteiger partial charge in [-0.25, -0.2) is 9.97 Å². The first-order valence-electron chi connectivity index (χ1n) is 14.4. The smallest absolute Gasteiger partial charge is 0.255 e. The molecule has 42 heavy (non-hydrogen) atoms. The minimum absolute atomic E-state index is 0.00727. The third kappa shape index (κ3) is 6.83. The molecule has 4 aromatic rings. The summed E-state index contributed by atoms with van der Waals surface area (Å²) in [4.78, 5) is 26.0. The summed E-state index contributed by atoms with van der Waals surface area (Å²) in [6.45, 7) is 4.31. The van der Waals surface area contributed by atoms with E-state index in [0.717, 1.165) is 61.8 Å². The molecule has 2 N–H and O–H groups in total. The molecule has 3 heterocycles. The molecule has 0 bridgehead atoms. The fraction of sp³-hybridized carbons (Fsp3) is 0.303. The highest BCUT2D eigenvalue weighted by atomic mass is 16.7. The molecular formula is C33H35N5O4. The summed E-state index contributed by atoms with van der Waals surface area (Å²) in [7, 11) is 0. The van der Waals surface area contributed by atoms with Crippen molar-refractivity contribution in [2.75, 3.05) is 42.9 Å². The standard InChI is InChI=1S/C33H35N5O4/c39-23-24-7-9-25(10-8-24)30-21-29(22-37-17-19-38(20-18-37)33-34-15-4-16-35-33)41-32(42-30)27-11-13-28(14-12-27)36-31(40)26-5-2-1-3-6-26/h1-16,29-30,32,39H,17-23H2,(H,36,40)/t29-,30+,32+/m0/s1. The van der Waals surface area contributed by atoms with E-state index in [1.165, 1.54) is 0 Å². The molecule has 0 unspecified atom stereocenters. The number of amides is 1. The van der Waals surface area contributed by atoms with E-state index in [1.54, 1.807) is 24.5 Å². The molecule has 2 saturated heterocycles. The first-order valence-corrected chi connectivity index (χ1v) is 14.4. The maximum Gasteiger partial charge on any atom is 0.255 e. The van der Waals surface area contributed by atoms with Gasteiger partial charge in [-0.2, -0.15) is 0 Å². The number of nitrogens with one attached hydrogen (secondary N) is 1. The zero-order valence-corrected chi connectivity index (χ0v) is 23.4. The molecule has 9 nitrogen and oxygen atoms in total. The molecule has 3 atom stereocenters. The Morgan fingerprint density at radius 3 is 2.21 bits per heavy atom. The van der Waals surface area contributed by atoms with Crippen molar-refractivity contribution in [3.05, 3.63) is 120 Å². The number of hydrogen-bond donors (Lipinski definition) is 2. The number of nitrogens with zero attached hydrogens (tertiary/aromatic N) is 4. The van der Waals surface area contributed by atoms with Gasteiger partial charge in [0.25, 0.3) is 5.91 Å². The Labute approximate surface area is 245 Å². The van der Waals surface area contributed by atoms with Crippen molar-refractivity contribution < 1.29 is 19.4 Å². The number of aromatic nitrogens is 2. The summed E-state index contributed by atoms with van der Waals surface area (Å²) in [5.74, 6) is 0.619. The van der Waals surface area contributed by atoms with Crippen LogP contribution in [0.25, 0.3) is 0 Å². The van der Waals surface area contributed by atoms with Crippen molar-refractivity contribution in [3.63, 3.8) is 0 Å². The van der Waals surface area contributed by atoms with Crippen LogP contribution in [0.5, 0.6) is 0 Å². The van der Waals surface area contributed by atoms with E-state index in [1.807, 2.05) is 72.8 Å². The molecule has 0 saturated carbocycles. The molecule has 1 amide bonds. The van der Waals surface area contributed by atoms with E-state index in [9.17, 15) is 9.90 Å². The molecule has 0 radical (unpaired) electrons. The highest BCUT2D eigenvalue weighted by Crippen LogP contribution is 2.38. The Morgan fingerprint density at radius 2 is 1.52 bits per heavy atom. The molecule has 0 aliphatic carbocycles. The van der Waals surface area contributed by atoms with E-state index in [-0.39, 0.29) is 24.7 Å². The van der Waals surface area contributed by atoms with Crippen LogP contribution in [0.3, 0.4) is 0 Å². The third-order valence-corrected chi connectivity index (χ3v) is 7.76. The summed E-state index contributed by atoms with van der Waals surface area (Å²) in [5, 5.41) is 12.4. The summed E-state index contributed by atoms with van der Waals surface area (Å²) in [6, 6.07) is 26.5. The van der Waals surface area contributed by atoms with Crippen molar-refractivity contribution in [3.8, 4) is 0 Å². The first-order chi connectivity index (χ1) is 20.6. The van der Waals surface area contributed by atoms with E-state index >= 15 is 0 Å². The number of hydrogen-bond acceptors (Lipinski definition) is 8. The number of benzene rings is 3. The van der Waals surface area contributed by atoms with E-state index in [4.69, 9.17) is 9.47 Å². The van der Waals surface area contributed by atoms with E-state index in [0.29, 0.717) is 11.3 Å². The monoisotopic (exact) mass is 565 g/mol. The number of carbonyl (C=O) groups excluding carboxylic acids is 1. The molecule has 1 aromatic heterocycles. The quantitative estimate of drug-likeness (QED) is 0.320. The van der Waals surface area contributed by atoms with Gasteiger partial charge in [0.1, 0.15) is 0 Å². The SMILES string of the molecule is O=C(Nc1ccc([C@@H]2O[C@H](CN3CCN(c4ncccn4)CC3)C[C@H](c3ccc(CO)cc3)O2)cc1)c1ccccc1. The normalized spacial score (nSPS) is 21.2. The van der Waals surface area contributed by atoms with Crippen LogP contribution in [0.2, 0.25) is 0 Å². The Kier molecular flexibility index (Phi) is 8.81. The summed E-state index contributed by atoms with van der Waals surface area (Å²) in [5.41, 5.74) is 4.13. The summed E-state index contributed by atoms with van der Waals surface area (Å²) in [6.07, 6.45) is 3.54. The highest BCUT2D eigenvalue weighted by molar-refractivity contribution is 6.04. The average Bonchev–Trinajstić information content (AvgIpc) is 3.06. The maximum absolute atomic E-state index is 12.6. The van der Waals surface area contributed by atoms with E-state index in [2.05, 4.69) is 25.1 Å². The largest absolute Gasteiger partial charge is 0.392 e. The molecule has 216 valence electrons. The second kappa shape index (κ2) is 13.2. The fourth-order valence-electron chi connectivity index (χ4n) is 5.42. The summed E-state index contributed by atoms with van der Waals surface area (Å²) < 4.78 is 13.0. The minimum Gasteiger partial charge on any atom is -0.392 e. The second-order valence-corrected chi connectivity index (χ2v) is 10.6. The van der Waals surface area contributed by atoms with Crippen molar-refractivity contribution in [1.29, 1.82) is 0 Å². The lowest BCUT2D eigenvalue weighted by Crippen LogP contribution is -2.50.